The summed E-state index contributed by atoms with van der Waals surface area (Å²) in [7, 11) is 1.74. The minimum Gasteiger partial charge on any atom is -0.308 e. The van der Waals surface area contributed by atoms with Gasteiger partial charge in [-0.3, -0.25) is 0 Å². The number of nitriles is 1. The molecule has 0 unspecified atom stereocenters. The number of hydrogen-bond acceptors (Lipinski definition) is 3. The second-order valence-electron chi connectivity index (χ2n) is 3.29. The highest BCUT2D eigenvalue weighted by Gasteiger charge is 2.06. The average Bonchev–Trinajstić information content (AvgIpc) is 2.60. The summed E-state index contributed by atoms with van der Waals surface area (Å²) < 4.78 is 2.94. The van der Waals surface area contributed by atoms with Crippen molar-refractivity contribution in [1.82, 2.24) is 14.3 Å². The van der Waals surface area contributed by atoms with Gasteiger partial charge in [-0.2, -0.15) is 5.26 Å². The van der Waals surface area contributed by atoms with Crippen molar-refractivity contribution in [3.8, 4) is 6.19 Å². The summed E-state index contributed by atoms with van der Waals surface area (Å²) in [5.74, 6) is 0. The fraction of sp³-hybridized carbons (Fsp3) is 0.200. The van der Waals surface area contributed by atoms with E-state index in [4.69, 9.17) is 5.26 Å². The fourth-order valence-electron chi connectivity index (χ4n) is 1.41. The van der Waals surface area contributed by atoms with Crippen LogP contribution >= 0.6 is 15.9 Å². The Balaban J connectivity index is 2.42. The maximum absolute atomic E-state index is 8.68. The Hall–Kier alpha value is -1.54. The molecule has 2 rings (SSSR count). The molecule has 0 aliphatic heterocycles. The monoisotopic (exact) mass is 264 g/mol. The third-order valence-corrected chi connectivity index (χ3v) is 2.60. The first kappa shape index (κ1) is 9.99. The number of aromatic nitrogens is 2. The number of halogens is 1. The molecule has 0 atom stereocenters. The molecule has 0 saturated heterocycles. The summed E-state index contributed by atoms with van der Waals surface area (Å²) in [6.45, 7) is 0.536. The number of nitrogens with zero attached hydrogens (tertiary/aromatic N) is 4. The highest BCUT2D eigenvalue weighted by atomic mass is 79.9. The molecule has 0 saturated carbocycles. The van der Waals surface area contributed by atoms with Crippen LogP contribution in [-0.4, -0.2) is 21.3 Å². The zero-order valence-electron chi connectivity index (χ0n) is 8.18. The largest absolute Gasteiger partial charge is 0.308 e. The predicted octanol–water partition coefficient (Wildman–Crippen LogP) is 2.01. The lowest BCUT2D eigenvalue weighted by molar-refractivity contribution is 0.465. The van der Waals surface area contributed by atoms with Gasteiger partial charge in [-0.15, -0.1) is 0 Å². The SMILES string of the molecule is CN(C#N)Cc1ncn2cc(Br)ccc12. The van der Waals surface area contributed by atoms with Crippen LogP contribution in [0.1, 0.15) is 5.69 Å². The summed E-state index contributed by atoms with van der Waals surface area (Å²) in [5, 5.41) is 8.68. The molecule has 76 valence electrons. The molecule has 2 aromatic rings. The number of fused-ring (bicyclic) bond motifs is 1. The van der Waals surface area contributed by atoms with Gasteiger partial charge in [0.15, 0.2) is 6.19 Å². The number of rotatable bonds is 2. The molecule has 15 heavy (non-hydrogen) atoms. The minimum absolute atomic E-state index is 0.536. The predicted molar refractivity (Wildman–Crippen MR) is 60.0 cm³/mol. The molecular weight excluding hydrogens is 256 g/mol. The lowest BCUT2D eigenvalue weighted by atomic mass is 10.3. The normalized spacial score (nSPS) is 10.2. The average molecular weight is 265 g/mol. The third-order valence-electron chi connectivity index (χ3n) is 2.13. The molecule has 0 aliphatic carbocycles. The van der Waals surface area contributed by atoms with E-state index in [1.54, 1.807) is 18.3 Å². The van der Waals surface area contributed by atoms with Crippen LogP contribution in [0.4, 0.5) is 0 Å². The van der Waals surface area contributed by atoms with Crippen LogP contribution in [0.5, 0.6) is 0 Å². The molecule has 4 nitrogen and oxygen atoms in total. The summed E-state index contributed by atoms with van der Waals surface area (Å²) in [6, 6.07) is 3.95. The van der Waals surface area contributed by atoms with Gasteiger partial charge < -0.3 is 9.30 Å². The molecule has 0 aromatic carbocycles. The van der Waals surface area contributed by atoms with Crippen molar-refractivity contribution in [2.45, 2.75) is 6.54 Å². The van der Waals surface area contributed by atoms with E-state index in [0.29, 0.717) is 6.54 Å². The van der Waals surface area contributed by atoms with Crippen LogP contribution in [0.2, 0.25) is 0 Å². The molecular formula is C10H9BrN4. The maximum atomic E-state index is 8.68. The van der Waals surface area contributed by atoms with E-state index in [1.807, 2.05) is 22.7 Å². The van der Waals surface area contributed by atoms with Crippen molar-refractivity contribution in [2.24, 2.45) is 0 Å². The lowest BCUT2D eigenvalue weighted by Gasteiger charge is -2.06. The van der Waals surface area contributed by atoms with Gasteiger partial charge in [0, 0.05) is 17.7 Å². The topological polar surface area (TPSA) is 44.3 Å². The standard InChI is InChI=1S/C10H9BrN4/c1-14(6-12)5-9-10-3-2-8(11)4-15(10)7-13-9/h2-4,7H,5H2,1H3. The van der Waals surface area contributed by atoms with Crippen molar-refractivity contribution >= 4 is 21.4 Å². The summed E-state index contributed by atoms with van der Waals surface area (Å²) in [5.41, 5.74) is 1.94. The van der Waals surface area contributed by atoms with Gasteiger partial charge in [-0.25, -0.2) is 4.98 Å². The quantitative estimate of drug-likeness (QED) is 0.616. The first-order valence-corrected chi connectivity index (χ1v) is 5.22. The number of pyridine rings is 1. The van der Waals surface area contributed by atoms with E-state index in [2.05, 4.69) is 27.1 Å². The first-order valence-electron chi connectivity index (χ1n) is 4.42. The molecule has 0 radical (unpaired) electrons. The molecule has 0 spiro atoms. The van der Waals surface area contributed by atoms with E-state index in [-0.39, 0.29) is 0 Å². The zero-order valence-corrected chi connectivity index (χ0v) is 9.77. The van der Waals surface area contributed by atoms with Crippen LogP contribution < -0.4 is 0 Å². The summed E-state index contributed by atoms with van der Waals surface area (Å²) in [6.07, 6.45) is 5.75. The second-order valence-corrected chi connectivity index (χ2v) is 4.20. The molecule has 2 aromatic heterocycles. The smallest absolute Gasteiger partial charge is 0.179 e. The fourth-order valence-corrected chi connectivity index (χ4v) is 1.76. The van der Waals surface area contributed by atoms with Gasteiger partial charge in [-0.1, -0.05) is 0 Å². The molecule has 2 heterocycles. The molecule has 0 N–H and O–H groups in total. The molecule has 0 fully saturated rings. The summed E-state index contributed by atoms with van der Waals surface area (Å²) in [4.78, 5) is 5.82. The Morgan fingerprint density at radius 3 is 3.13 bits per heavy atom. The van der Waals surface area contributed by atoms with Gasteiger partial charge >= 0.3 is 0 Å². The van der Waals surface area contributed by atoms with E-state index in [1.165, 1.54) is 0 Å². The highest BCUT2D eigenvalue weighted by molar-refractivity contribution is 9.10. The van der Waals surface area contributed by atoms with Gasteiger partial charge in [-0.05, 0) is 28.1 Å². The second kappa shape index (κ2) is 3.91. The van der Waals surface area contributed by atoms with Crippen LogP contribution in [0.15, 0.2) is 29.1 Å². The number of imidazole rings is 1. The van der Waals surface area contributed by atoms with Crippen LogP contribution in [0.3, 0.4) is 0 Å². The first-order chi connectivity index (χ1) is 7.20. The molecule has 0 bridgehead atoms. The van der Waals surface area contributed by atoms with Crippen molar-refractivity contribution < 1.29 is 0 Å². The van der Waals surface area contributed by atoms with Gasteiger partial charge in [0.25, 0.3) is 0 Å². The van der Waals surface area contributed by atoms with Crippen molar-refractivity contribution in [1.29, 1.82) is 5.26 Å². The Kier molecular flexibility index (Phi) is 2.60. The van der Waals surface area contributed by atoms with Crippen LogP contribution in [0.25, 0.3) is 5.52 Å². The van der Waals surface area contributed by atoms with E-state index < -0.39 is 0 Å². The molecule has 5 heteroatoms. The Bertz CT molecular complexity index is 526. The Labute approximate surface area is 95.9 Å². The highest BCUT2D eigenvalue weighted by Crippen LogP contribution is 2.15. The maximum Gasteiger partial charge on any atom is 0.179 e. The van der Waals surface area contributed by atoms with Crippen molar-refractivity contribution in [3.63, 3.8) is 0 Å². The van der Waals surface area contributed by atoms with Gasteiger partial charge in [0.05, 0.1) is 24.1 Å². The van der Waals surface area contributed by atoms with E-state index in [0.717, 1.165) is 15.7 Å². The van der Waals surface area contributed by atoms with Crippen LogP contribution in [-0.2, 0) is 6.54 Å². The van der Waals surface area contributed by atoms with E-state index in [9.17, 15) is 0 Å². The lowest BCUT2D eigenvalue weighted by Crippen LogP contribution is -2.10. The van der Waals surface area contributed by atoms with Crippen LogP contribution in [0, 0.1) is 11.5 Å². The molecule has 0 aliphatic rings. The Morgan fingerprint density at radius 1 is 1.60 bits per heavy atom. The Morgan fingerprint density at radius 2 is 2.40 bits per heavy atom. The summed E-state index contributed by atoms with van der Waals surface area (Å²) >= 11 is 3.39. The number of hydrogen-bond donors (Lipinski definition) is 0. The van der Waals surface area contributed by atoms with Crippen molar-refractivity contribution in [2.75, 3.05) is 7.05 Å². The van der Waals surface area contributed by atoms with Gasteiger partial charge in [0.1, 0.15) is 0 Å². The minimum atomic E-state index is 0.536. The van der Waals surface area contributed by atoms with E-state index >= 15 is 0 Å². The zero-order chi connectivity index (χ0) is 10.8. The van der Waals surface area contributed by atoms with Gasteiger partial charge in [0.2, 0.25) is 0 Å². The molecule has 0 amide bonds. The van der Waals surface area contributed by atoms with Crippen molar-refractivity contribution in [3.05, 3.63) is 34.8 Å². The third kappa shape index (κ3) is 1.95.